The molecule has 5 heteroatoms. The zero-order valence-corrected chi connectivity index (χ0v) is 8.71. The molecule has 0 spiro atoms. The lowest BCUT2D eigenvalue weighted by Crippen LogP contribution is -2.00. The second-order valence-corrected chi connectivity index (χ2v) is 3.70. The van der Waals surface area contributed by atoms with Gasteiger partial charge in [-0.3, -0.25) is 4.79 Å². The highest BCUT2D eigenvalue weighted by molar-refractivity contribution is 9.10. The van der Waals surface area contributed by atoms with Gasteiger partial charge >= 0.3 is 5.97 Å². The fourth-order valence-electron chi connectivity index (χ4n) is 1.31. The third kappa shape index (κ3) is 1.50. The first-order valence-corrected chi connectivity index (χ1v) is 4.80. The maximum atomic E-state index is 10.5. The quantitative estimate of drug-likeness (QED) is 0.861. The van der Waals surface area contributed by atoms with E-state index < -0.39 is 5.97 Å². The average molecular weight is 255 g/mol. The number of carboxylic acids is 1. The molecule has 2 rings (SSSR count). The number of nitrogens with one attached hydrogen (secondary N) is 1. The van der Waals surface area contributed by atoms with Crippen molar-refractivity contribution in [2.45, 2.75) is 6.42 Å². The van der Waals surface area contributed by atoms with E-state index in [0.717, 1.165) is 21.1 Å². The number of carboxylic acid groups (broad SMARTS) is 1. The summed E-state index contributed by atoms with van der Waals surface area (Å²) in [6.07, 6.45) is 1.59. The molecule has 0 saturated heterocycles. The number of benzene rings is 1. The molecule has 72 valence electrons. The van der Waals surface area contributed by atoms with Crippen molar-refractivity contribution >= 4 is 32.9 Å². The largest absolute Gasteiger partial charge is 0.481 e. The van der Waals surface area contributed by atoms with Gasteiger partial charge in [0.1, 0.15) is 5.52 Å². The van der Waals surface area contributed by atoms with E-state index in [2.05, 4.69) is 25.9 Å². The summed E-state index contributed by atoms with van der Waals surface area (Å²) < 4.78 is 0.749. The summed E-state index contributed by atoms with van der Waals surface area (Å²) in [5.41, 5.74) is 2.40. The van der Waals surface area contributed by atoms with Crippen LogP contribution in [0.2, 0.25) is 0 Å². The first kappa shape index (κ1) is 9.21. The van der Waals surface area contributed by atoms with Crippen LogP contribution in [0.3, 0.4) is 0 Å². The molecule has 0 saturated carbocycles. The van der Waals surface area contributed by atoms with Crippen LogP contribution in [0, 0.1) is 0 Å². The van der Waals surface area contributed by atoms with Crippen molar-refractivity contribution in [3.63, 3.8) is 0 Å². The maximum Gasteiger partial charge on any atom is 0.307 e. The Morgan fingerprint density at radius 2 is 2.36 bits per heavy atom. The molecule has 1 aromatic heterocycles. The molecule has 0 aliphatic carbocycles. The topological polar surface area (TPSA) is 66.0 Å². The van der Waals surface area contributed by atoms with Crippen LogP contribution in [0.5, 0.6) is 0 Å². The molecular formula is C9H7BrN2O2. The number of aliphatic carboxylic acids is 1. The zero-order chi connectivity index (χ0) is 10.1. The highest BCUT2D eigenvalue weighted by atomic mass is 79.9. The van der Waals surface area contributed by atoms with E-state index in [1.54, 1.807) is 12.4 Å². The predicted octanol–water partition coefficient (Wildman–Crippen LogP) is 1.95. The Bertz CT molecular complexity index is 493. The molecular weight excluding hydrogens is 248 g/mol. The van der Waals surface area contributed by atoms with Gasteiger partial charge in [-0.2, -0.15) is 0 Å². The van der Waals surface area contributed by atoms with Crippen molar-refractivity contribution in [1.82, 2.24) is 9.97 Å². The Morgan fingerprint density at radius 1 is 1.57 bits per heavy atom. The number of aromatic amines is 1. The highest BCUT2D eigenvalue weighted by Crippen LogP contribution is 2.25. The van der Waals surface area contributed by atoms with Crippen LogP contribution in [0.4, 0.5) is 0 Å². The van der Waals surface area contributed by atoms with Gasteiger partial charge in [0, 0.05) is 4.47 Å². The van der Waals surface area contributed by atoms with Gasteiger partial charge in [-0.25, -0.2) is 4.98 Å². The number of H-pyrrole nitrogens is 1. The van der Waals surface area contributed by atoms with Crippen LogP contribution in [-0.2, 0) is 11.2 Å². The van der Waals surface area contributed by atoms with E-state index >= 15 is 0 Å². The van der Waals surface area contributed by atoms with Crippen molar-refractivity contribution in [3.05, 3.63) is 28.5 Å². The third-order valence-corrected chi connectivity index (χ3v) is 2.84. The lowest BCUT2D eigenvalue weighted by atomic mass is 10.1. The predicted molar refractivity (Wildman–Crippen MR) is 55.1 cm³/mol. The van der Waals surface area contributed by atoms with Crippen LogP contribution in [0.15, 0.2) is 22.9 Å². The molecule has 14 heavy (non-hydrogen) atoms. The minimum atomic E-state index is -0.847. The fraction of sp³-hybridized carbons (Fsp3) is 0.111. The van der Waals surface area contributed by atoms with Gasteiger partial charge in [0.15, 0.2) is 0 Å². The number of rotatable bonds is 2. The highest BCUT2D eigenvalue weighted by Gasteiger charge is 2.09. The number of imidazole rings is 1. The van der Waals surface area contributed by atoms with E-state index in [9.17, 15) is 4.79 Å². The van der Waals surface area contributed by atoms with Crippen molar-refractivity contribution in [3.8, 4) is 0 Å². The molecule has 4 nitrogen and oxygen atoms in total. The van der Waals surface area contributed by atoms with Gasteiger partial charge in [0.25, 0.3) is 0 Å². The molecule has 0 radical (unpaired) electrons. The Morgan fingerprint density at radius 3 is 3.07 bits per heavy atom. The fourth-order valence-corrected chi connectivity index (χ4v) is 1.90. The van der Waals surface area contributed by atoms with Crippen molar-refractivity contribution in [1.29, 1.82) is 0 Å². The molecule has 0 bridgehead atoms. The SMILES string of the molecule is O=C(O)Cc1ccc2[nH]cnc2c1Br. The van der Waals surface area contributed by atoms with Crippen molar-refractivity contribution < 1.29 is 9.90 Å². The second kappa shape index (κ2) is 3.42. The van der Waals surface area contributed by atoms with Gasteiger partial charge in [-0.05, 0) is 27.6 Å². The van der Waals surface area contributed by atoms with Crippen LogP contribution in [-0.4, -0.2) is 21.0 Å². The molecule has 1 aromatic carbocycles. The smallest absolute Gasteiger partial charge is 0.307 e. The molecule has 0 aliphatic rings. The standard InChI is InChI=1S/C9H7BrN2O2/c10-8-5(3-7(13)14)1-2-6-9(8)12-4-11-6/h1-2,4H,3H2,(H,11,12)(H,13,14). The van der Waals surface area contributed by atoms with Gasteiger partial charge in [-0.15, -0.1) is 0 Å². The summed E-state index contributed by atoms with van der Waals surface area (Å²) in [5, 5.41) is 8.66. The van der Waals surface area contributed by atoms with Crippen LogP contribution < -0.4 is 0 Å². The summed E-state index contributed by atoms with van der Waals surface area (Å²) >= 11 is 3.34. The molecule has 0 fully saturated rings. The lowest BCUT2D eigenvalue weighted by Gasteiger charge is -2.01. The first-order chi connectivity index (χ1) is 6.68. The monoisotopic (exact) mass is 254 g/mol. The number of carbonyl (C=O) groups is 1. The first-order valence-electron chi connectivity index (χ1n) is 4.00. The lowest BCUT2D eigenvalue weighted by molar-refractivity contribution is -0.136. The van der Waals surface area contributed by atoms with E-state index in [-0.39, 0.29) is 6.42 Å². The third-order valence-electron chi connectivity index (χ3n) is 1.95. The number of fused-ring (bicyclic) bond motifs is 1. The minimum absolute atomic E-state index is 0.00336. The minimum Gasteiger partial charge on any atom is -0.481 e. The Hall–Kier alpha value is -1.36. The zero-order valence-electron chi connectivity index (χ0n) is 7.12. The average Bonchev–Trinajstić information content (AvgIpc) is 2.57. The number of hydrogen-bond donors (Lipinski definition) is 2. The van der Waals surface area contributed by atoms with Gasteiger partial charge in [-0.1, -0.05) is 6.07 Å². The summed E-state index contributed by atoms with van der Waals surface area (Å²) in [4.78, 5) is 17.6. The summed E-state index contributed by atoms with van der Waals surface area (Å²) in [5.74, 6) is -0.847. The van der Waals surface area contributed by atoms with Crippen LogP contribution >= 0.6 is 15.9 Å². The number of aromatic nitrogens is 2. The summed E-state index contributed by atoms with van der Waals surface area (Å²) in [7, 11) is 0. The summed E-state index contributed by atoms with van der Waals surface area (Å²) in [6.45, 7) is 0. The van der Waals surface area contributed by atoms with Gasteiger partial charge in [0.2, 0.25) is 0 Å². The van der Waals surface area contributed by atoms with E-state index in [4.69, 9.17) is 5.11 Å². The molecule has 0 atom stereocenters. The Balaban J connectivity index is 2.56. The molecule has 0 aliphatic heterocycles. The van der Waals surface area contributed by atoms with Crippen LogP contribution in [0.25, 0.3) is 11.0 Å². The number of nitrogens with zero attached hydrogens (tertiary/aromatic N) is 1. The van der Waals surface area contributed by atoms with E-state index in [0.29, 0.717) is 0 Å². The Labute approximate surface area is 88.1 Å². The van der Waals surface area contributed by atoms with E-state index in [1.807, 2.05) is 6.07 Å². The van der Waals surface area contributed by atoms with E-state index in [1.165, 1.54) is 0 Å². The summed E-state index contributed by atoms with van der Waals surface area (Å²) in [6, 6.07) is 3.60. The van der Waals surface area contributed by atoms with Gasteiger partial charge < -0.3 is 10.1 Å². The maximum absolute atomic E-state index is 10.5. The molecule has 2 aromatic rings. The number of halogens is 1. The molecule has 0 unspecified atom stereocenters. The normalized spacial score (nSPS) is 10.6. The van der Waals surface area contributed by atoms with Gasteiger partial charge in [0.05, 0.1) is 18.3 Å². The molecule has 0 amide bonds. The second-order valence-electron chi connectivity index (χ2n) is 2.91. The van der Waals surface area contributed by atoms with Crippen molar-refractivity contribution in [2.24, 2.45) is 0 Å². The van der Waals surface area contributed by atoms with Crippen molar-refractivity contribution in [2.75, 3.05) is 0 Å². The molecule has 2 N–H and O–H groups in total. The number of hydrogen-bond acceptors (Lipinski definition) is 2. The van der Waals surface area contributed by atoms with Crippen LogP contribution in [0.1, 0.15) is 5.56 Å². The molecule has 1 heterocycles. The Kier molecular flexibility index (Phi) is 2.25.